The highest BCUT2D eigenvalue weighted by atomic mass is 32.2. The number of nitrogens with one attached hydrogen (secondary N) is 1. The average molecular weight is 441 g/mol. The number of fused-ring (bicyclic) bond motifs is 1. The molecule has 0 unspecified atom stereocenters. The number of imidazole rings is 1. The maximum Gasteiger partial charge on any atom is 0.431 e. The van der Waals surface area contributed by atoms with Crippen LogP contribution in [0.4, 0.5) is 13.2 Å². The molecule has 0 saturated heterocycles. The molecule has 0 spiro atoms. The van der Waals surface area contributed by atoms with E-state index in [2.05, 4.69) is 15.0 Å². The Hall–Kier alpha value is -3.07. The number of hydrogen-bond donors (Lipinski definition) is 1. The molecule has 160 valence electrons. The summed E-state index contributed by atoms with van der Waals surface area (Å²) in [5.74, 6) is -0.104. The zero-order valence-electron chi connectivity index (χ0n) is 16.5. The summed E-state index contributed by atoms with van der Waals surface area (Å²) in [5.41, 5.74) is -2.11. The second-order valence-electron chi connectivity index (χ2n) is 7.05. The topological polar surface area (TPSA) is 114 Å². The fourth-order valence-electron chi connectivity index (χ4n) is 2.79. The third-order valence-corrected chi connectivity index (χ3v) is 6.10. The number of pyridine rings is 1. The van der Waals surface area contributed by atoms with Gasteiger partial charge in [0.25, 0.3) is 0 Å². The van der Waals surface area contributed by atoms with E-state index in [9.17, 15) is 21.6 Å². The minimum atomic E-state index is -4.57. The Balaban J connectivity index is 2.19. The number of rotatable bonds is 5. The van der Waals surface area contributed by atoms with Gasteiger partial charge in [-0.3, -0.25) is 0 Å². The number of nitriles is 1. The van der Waals surface area contributed by atoms with Crippen LogP contribution in [0.5, 0.6) is 5.75 Å². The quantitative estimate of drug-likeness (QED) is 0.649. The first-order valence-electron chi connectivity index (χ1n) is 8.75. The molecule has 0 aromatic carbocycles. The minimum absolute atomic E-state index is 0.0208. The number of sulfone groups is 1. The number of hydrogen-bond acceptors (Lipinski definition) is 6. The van der Waals surface area contributed by atoms with Crippen molar-refractivity contribution < 1.29 is 26.3 Å². The Morgan fingerprint density at radius 3 is 2.50 bits per heavy atom. The second kappa shape index (κ2) is 7.02. The summed E-state index contributed by atoms with van der Waals surface area (Å²) in [4.78, 5) is 10.4. The number of aryl methyl sites for hydroxylation is 1. The summed E-state index contributed by atoms with van der Waals surface area (Å²) < 4.78 is 71.0. The molecular formula is C18H18F3N5O3S. The van der Waals surface area contributed by atoms with Crippen LogP contribution in [0.1, 0.15) is 26.5 Å². The van der Waals surface area contributed by atoms with Gasteiger partial charge < -0.3 is 14.3 Å². The van der Waals surface area contributed by atoms with E-state index < -0.39 is 27.3 Å². The first-order valence-corrected chi connectivity index (χ1v) is 10.4. The van der Waals surface area contributed by atoms with Crippen LogP contribution in [0.15, 0.2) is 23.2 Å². The van der Waals surface area contributed by atoms with Crippen molar-refractivity contribution in [3.63, 3.8) is 0 Å². The fraction of sp³-hybridized carbons (Fsp3) is 0.389. The first kappa shape index (κ1) is 21.6. The van der Waals surface area contributed by atoms with Gasteiger partial charge >= 0.3 is 6.18 Å². The predicted molar refractivity (Wildman–Crippen MR) is 101 cm³/mol. The maximum atomic E-state index is 12.9. The van der Waals surface area contributed by atoms with E-state index in [1.165, 1.54) is 44.6 Å². The van der Waals surface area contributed by atoms with Gasteiger partial charge in [0.2, 0.25) is 0 Å². The van der Waals surface area contributed by atoms with Crippen molar-refractivity contribution in [1.82, 2.24) is 19.5 Å². The first-order chi connectivity index (χ1) is 13.8. The lowest BCUT2D eigenvalue weighted by molar-refractivity contribution is -0.140. The highest BCUT2D eigenvalue weighted by molar-refractivity contribution is 7.91. The monoisotopic (exact) mass is 441 g/mol. The molecule has 3 heterocycles. The van der Waals surface area contributed by atoms with Gasteiger partial charge in [-0.15, -0.1) is 0 Å². The minimum Gasteiger partial charge on any atom is -0.471 e. The number of aromatic nitrogens is 4. The van der Waals surface area contributed by atoms with Gasteiger partial charge in [-0.05, 0) is 19.9 Å². The largest absolute Gasteiger partial charge is 0.471 e. The van der Waals surface area contributed by atoms with E-state index in [4.69, 9.17) is 10.00 Å². The highest BCUT2D eigenvalue weighted by Crippen LogP contribution is 2.34. The lowest BCUT2D eigenvalue weighted by Crippen LogP contribution is -2.25. The van der Waals surface area contributed by atoms with E-state index in [1.54, 1.807) is 0 Å². The van der Waals surface area contributed by atoms with Crippen molar-refractivity contribution in [3.05, 3.63) is 24.0 Å². The maximum absolute atomic E-state index is 12.9. The summed E-state index contributed by atoms with van der Waals surface area (Å²) in [5, 5.41) is 9.13. The molecule has 0 fully saturated rings. The number of ether oxygens (including phenoxy) is 1. The van der Waals surface area contributed by atoms with Crippen molar-refractivity contribution in [3.8, 4) is 23.3 Å². The standard InChI is InChI=1S/C18H18F3N5O3S/c1-5-30(27,28)12-6-10(29-17(2,3)9-22)8-23-14(12)16-24-11-7-13(18(19,20)21)25-15(11)26(16)4/h6-8,25H,5H2,1-4H3. The molecule has 30 heavy (non-hydrogen) atoms. The van der Waals surface area contributed by atoms with Gasteiger partial charge in [0.1, 0.15) is 39.3 Å². The van der Waals surface area contributed by atoms with Crippen LogP contribution in [0.25, 0.3) is 22.7 Å². The number of alkyl halides is 3. The van der Waals surface area contributed by atoms with Crippen LogP contribution in [0.3, 0.4) is 0 Å². The second-order valence-corrected chi connectivity index (χ2v) is 9.30. The molecule has 0 aliphatic rings. The molecule has 0 aliphatic carbocycles. The van der Waals surface area contributed by atoms with Crippen LogP contribution in [-0.4, -0.2) is 39.3 Å². The number of nitrogens with zero attached hydrogens (tertiary/aromatic N) is 4. The van der Waals surface area contributed by atoms with E-state index in [0.717, 1.165) is 6.07 Å². The van der Waals surface area contributed by atoms with Crippen LogP contribution in [0, 0.1) is 11.3 Å². The van der Waals surface area contributed by atoms with Gasteiger partial charge in [0.15, 0.2) is 21.3 Å². The molecule has 0 saturated carbocycles. The summed E-state index contributed by atoms with van der Waals surface area (Å²) in [6.45, 7) is 4.47. The molecule has 12 heteroatoms. The fourth-order valence-corrected chi connectivity index (χ4v) is 3.84. The van der Waals surface area contributed by atoms with E-state index in [1.807, 2.05) is 6.07 Å². The Bertz CT molecular complexity index is 1270. The highest BCUT2D eigenvalue weighted by Gasteiger charge is 2.34. The smallest absolute Gasteiger partial charge is 0.431 e. The molecule has 3 aromatic heterocycles. The van der Waals surface area contributed by atoms with Crippen LogP contribution >= 0.6 is 0 Å². The molecule has 0 aliphatic heterocycles. The average Bonchev–Trinajstić information content (AvgIpc) is 3.21. The normalized spacial score (nSPS) is 12.9. The molecule has 0 amide bonds. The van der Waals surface area contributed by atoms with Crippen molar-refractivity contribution in [2.75, 3.05) is 5.75 Å². The van der Waals surface area contributed by atoms with Gasteiger partial charge in [-0.25, -0.2) is 18.4 Å². The van der Waals surface area contributed by atoms with Crippen LogP contribution in [-0.2, 0) is 23.1 Å². The molecular weight excluding hydrogens is 423 g/mol. The molecule has 3 rings (SSSR count). The summed E-state index contributed by atoms with van der Waals surface area (Å²) in [6.07, 6.45) is -3.32. The van der Waals surface area contributed by atoms with Gasteiger partial charge in [0.05, 0.1) is 11.9 Å². The lowest BCUT2D eigenvalue weighted by Gasteiger charge is -2.19. The Labute approximate surface area is 170 Å². The van der Waals surface area contributed by atoms with Gasteiger partial charge in [-0.1, -0.05) is 6.92 Å². The summed E-state index contributed by atoms with van der Waals surface area (Å²) in [6, 6.07) is 4.02. The van der Waals surface area contributed by atoms with Crippen LogP contribution in [0.2, 0.25) is 0 Å². The van der Waals surface area contributed by atoms with Crippen molar-refractivity contribution in [2.24, 2.45) is 7.05 Å². The molecule has 0 bridgehead atoms. The van der Waals surface area contributed by atoms with Crippen molar-refractivity contribution in [2.45, 2.75) is 37.4 Å². The number of H-pyrrole nitrogens is 1. The summed E-state index contributed by atoms with van der Waals surface area (Å²) in [7, 11) is -2.35. The van der Waals surface area contributed by atoms with E-state index in [0.29, 0.717) is 0 Å². The Kier molecular flexibility index (Phi) is 5.06. The van der Waals surface area contributed by atoms with E-state index in [-0.39, 0.29) is 39.1 Å². The van der Waals surface area contributed by atoms with Crippen LogP contribution < -0.4 is 4.74 Å². The third kappa shape index (κ3) is 3.85. The SMILES string of the molecule is CCS(=O)(=O)c1cc(OC(C)(C)C#N)cnc1-c1nc2cc(C(F)(F)F)[nH]c2n1C. The lowest BCUT2D eigenvalue weighted by atomic mass is 10.2. The number of aromatic amines is 1. The Morgan fingerprint density at radius 2 is 1.97 bits per heavy atom. The zero-order chi connectivity index (χ0) is 22.5. The molecule has 3 aromatic rings. The third-order valence-electron chi connectivity index (χ3n) is 4.36. The predicted octanol–water partition coefficient (Wildman–Crippen LogP) is 3.46. The molecule has 8 nitrogen and oxygen atoms in total. The molecule has 0 atom stereocenters. The van der Waals surface area contributed by atoms with Crippen molar-refractivity contribution in [1.29, 1.82) is 5.26 Å². The zero-order valence-corrected chi connectivity index (χ0v) is 17.3. The molecule has 1 N–H and O–H groups in total. The number of halogens is 3. The van der Waals surface area contributed by atoms with Gasteiger partial charge in [0, 0.05) is 13.1 Å². The van der Waals surface area contributed by atoms with E-state index >= 15 is 0 Å². The summed E-state index contributed by atoms with van der Waals surface area (Å²) >= 11 is 0. The van der Waals surface area contributed by atoms with Gasteiger partial charge in [-0.2, -0.15) is 18.4 Å². The molecule has 0 radical (unpaired) electrons. The Morgan fingerprint density at radius 1 is 1.30 bits per heavy atom. The van der Waals surface area contributed by atoms with Crippen molar-refractivity contribution >= 4 is 21.0 Å².